The van der Waals surface area contributed by atoms with Crippen LogP contribution in [0, 0.1) is 0 Å². The molecule has 0 bridgehead atoms. The number of carbonyl (C=O) groups is 3. The number of rotatable bonds is 9. The van der Waals surface area contributed by atoms with Crippen molar-refractivity contribution in [3.8, 4) is 0 Å². The maximum atomic E-state index is 11.4. The molecule has 1 atom stereocenters. The minimum Gasteiger partial charge on any atom is -0.480 e. The highest BCUT2D eigenvalue weighted by Gasteiger charge is 2.20. The molecule has 0 unspecified atom stereocenters. The van der Waals surface area contributed by atoms with Crippen molar-refractivity contribution in [1.82, 2.24) is 10.6 Å². The molecule has 0 aliphatic rings. The van der Waals surface area contributed by atoms with E-state index in [4.69, 9.17) is 5.11 Å². The first-order valence-corrected chi connectivity index (χ1v) is 5.41. The fourth-order valence-electron chi connectivity index (χ4n) is 1.15. The van der Waals surface area contributed by atoms with Gasteiger partial charge in [0.25, 0.3) is 0 Å². The lowest BCUT2D eigenvalue weighted by molar-refractivity contribution is -0.144. The van der Waals surface area contributed by atoms with E-state index >= 15 is 0 Å². The van der Waals surface area contributed by atoms with E-state index in [0.717, 1.165) is 0 Å². The van der Waals surface area contributed by atoms with Gasteiger partial charge in [-0.1, -0.05) is 6.08 Å². The summed E-state index contributed by atoms with van der Waals surface area (Å²) >= 11 is 0. The second-order valence-electron chi connectivity index (χ2n) is 3.49. The summed E-state index contributed by atoms with van der Waals surface area (Å²) < 4.78 is 4.40. The molecule has 0 aromatic carbocycles. The number of aliphatic carboxylic acids is 1. The zero-order valence-corrected chi connectivity index (χ0v) is 10.3. The van der Waals surface area contributed by atoms with Crippen LogP contribution in [0.1, 0.15) is 12.8 Å². The first-order valence-electron chi connectivity index (χ1n) is 5.41. The van der Waals surface area contributed by atoms with Gasteiger partial charge < -0.3 is 20.5 Å². The lowest BCUT2D eigenvalue weighted by Gasteiger charge is -2.13. The molecule has 0 saturated heterocycles. The van der Waals surface area contributed by atoms with Gasteiger partial charge in [-0.25, -0.2) is 4.79 Å². The van der Waals surface area contributed by atoms with Gasteiger partial charge in [0.15, 0.2) is 0 Å². The number of carboxylic acid groups (broad SMARTS) is 1. The molecular formula is C11H18N2O5. The fraction of sp³-hybridized carbons (Fsp3) is 0.545. The number of ether oxygens (including phenoxy) is 1. The molecule has 7 heteroatoms. The van der Waals surface area contributed by atoms with Gasteiger partial charge in [-0.3, -0.25) is 9.59 Å². The Hall–Kier alpha value is -1.89. The molecule has 7 nitrogen and oxygen atoms in total. The van der Waals surface area contributed by atoms with Crippen LogP contribution in [0.25, 0.3) is 0 Å². The molecule has 0 saturated carbocycles. The Bertz CT molecular complexity index is 317. The van der Waals surface area contributed by atoms with Crippen molar-refractivity contribution in [1.29, 1.82) is 0 Å². The van der Waals surface area contributed by atoms with Crippen LogP contribution in [0.2, 0.25) is 0 Å². The number of amides is 1. The van der Waals surface area contributed by atoms with Crippen molar-refractivity contribution in [2.45, 2.75) is 18.9 Å². The standard InChI is InChI=1S/C11H18N2O5/c1-3-6-12-7-9(14)13-8(11(16)17)4-5-10(15)18-2/h3,8,12H,1,4-7H2,2H3,(H,13,14)(H,16,17)/t8-/m1/s1. The molecule has 1 amide bonds. The van der Waals surface area contributed by atoms with Crippen molar-refractivity contribution < 1.29 is 24.2 Å². The van der Waals surface area contributed by atoms with Crippen LogP contribution < -0.4 is 10.6 Å². The number of hydrogen-bond acceptors (Lipinski definition) is 5. The summed E-state index contributed by atoms with van der Waals surface area (Å²) in [6.45, 7) is 3.91. The number of carbonyl (C=O) groups excluding carboxylic acids is 2. The smallest absolute Gasteiger partial charge is 0.326 e. The van der Waals surface area contributed by atoms with E-state index < -0.39 is 23.9 Å². The number of methoxy groups -OCH3 is 1. The van der Waals surface area contributed by atoms with Gasteiger partial charge in [0, 0.05) is 13.0 Å². The lowest BCUT2D eigenvalue weighted by atomic mass is 10.1. The van der Waals surface area contributed by atoms with Gasteiger partial charge in [0.1, 0.15) is 6.04 Å². The summed E-state index contributed by atoms with van der Waals surface area (Å²) in [5, 5.41) is 13.9. The fourth-order valence-corrected chi connectivity index (χ4v) is 1.15. The Labute approximate surface area is 105 Å². The number of esters is 1. The average Bonchev–Trinajstić information content (AvgIpc) is 2.33. The number of nitrogens with one attached hydrogen (secondary N) is 2. The molecule has 3 N–H and O–H groups in total. The summed E-state index contributed by atoms with van der Waals surface area (Å²) in [7, 11) is 1.22. The van der Waals surface area contributed by atoms with Crippen LogP contribution in [0.4, 0.5) is 0 Å². The van der Waals surface area contributed by atoms with Crippen LogP contribution in [-0.2, 0) is 19.1 Å². The molecule has 0 aliphatic heterocycles. The number of hydrogen-bond donors (Lipinski definition) is 3. The summed E-state index contributed by atoms with van der Waals surface area (Å²) in [4.78, 5) is 33.1. The highest BCUT2D eigenvalue weighted by atomic mass is 16.5. The van der Waals surface area contributed by atoms with E-state index in [9.17, 15) is 14.4 Å². The largest absolute Gasteiger partial charge is 0.480 e. The molecule has 18 heavy (non-hydrogen) atoms. The van der Waals surface area contributed by atoms with Crippen molar-refractivity contribution in [2.24, 2.45) is 0 Å². The predicted molar refractivity (Wildman–Crippen MR) is 63.9 cm³/mol. The van der Waals surface area contributed by atoms with Crippen molar-refractivity contribution in [3.63, 3.8) is 0 Å². The van der Waals surface area contributed by atoms with Gasteiger partial charge in [0.05, 0.1) is 13.7 Å². The third kappa shape index (κ3) is 7.39. The Kier molecular flexibility index (Phi) is 8.21. The van der Waals surface area contributed by atoms with E-state index in [2.05, 4.69) is 21.9 Å². The van der Waals surface area contributed by atoms with Gasteiger partial charge in [-0.05, 0) is 6.42 Å². The first-order chi connectivity index (χ1) is 8.51. The SMILES string of the molecule is C=CCNCC(=O)N[C@H](CCC(=O)OC)C(=O)O. The molecule has 0 radical (unpaired) electrons. The molecule has 0 aromatic heterocycles. The highest BCUT2D eigenvalue weighted by molar-refractivity contribution is 5.85. The molecular weight excluding hydrogens is 240 g/mol. The molecule has 0 aromatic rings. The first kappa shape index (κ1) is 16.1. The van der Waals surface area contributed by atoms with Crippen LogP contribution in [0.15, 0.2) is 12.7 Å². The van der Waals surface area contributed by atoms with Gasteiger partial charge >= 0.3 is 11.9 Å². The van der Waals surface area contributed by atoms with E-state index in [1.54, 1.807) is 6.08 Å². The van der Waals surface area contributed by atoms with Crippen molar-refractivity contribution in [2.75, 3.05) is 20.2 Å². The topological polar surface area (TPSA) is 105 Å². The van der Waals surface area contributed by atoms with Crippen LogP contribution in [0.5, 0.6) is 0 Å². The monoisotopic (exact) mass is 258 g/mol. The summed E-state index contributed by atoms with van der Waals surface area (Å²) in [5.41, 5.74) is 0. The molecule has 0 fully saturated rings. The maximum absolute atomic E-state index is 11.4. The summed E-state index contributed by atoms with van der Waals surface area (Å²) in [6.07, 6.45) is 1.52. The minimum absolute atomic E-state index is 0.00476. The van der Waals surface area contributed by atoms with Gasteiger partial charge in [0.2, 0.25) is 5.91 Å². The zero-order valence-electron chi connectivity index (χ0n) is 10.3. The van der Waals surface area contributed by atoms with Crippen LogP contribution in [0.3, 0.4) is 0 Å². The van der Waals surface area contributed by atoms with Crippen LogP contribution >= 0.6 is 0 Å². The van der Waals surface area contributed by atoms with Gasteiger partial charge in [-0.2, -0.15) is 0 Å². The van der Waals surface area contributed by atoms with E-state index in [1.165, 1.54) is 7.11 Å². The summed E-state index contributed by atoms with van der Waals surface area (Å²) in [6, 6.07) is -1.10. The van der Waals surface area contributed by atoms with Gasteiger partial charge in [-0.15, -0.1) is 6.58 Å². The Morgan fingerprint density at radius 1 is 1.44 bits per heavy atom. The maximum Gasteiger partial charge on any atom is 0.326 e. The van der Waals surface area contributed by atoms with E-state index in [0.29, 0.717) is 6.54 Å². The molecule has 0 rings (SSSR count). The quantitative estimate of drug-likeness (QED) is 0.286. The zero-order chi connectivity index (χ0) is 14.0. The van der Waals surface area contributed by atoms with E-state index in [-0.39, 0.29) is 19.4 Å². The third-order valence-corrected chi connectivity index (χ3v) is 2.07. The Morgan fingerprint density at radius 3 is 2.61 bits per heavy atom. The third-order valence-electron chi connectivity index (χ3n) is 2.07. The molecule has 0 heterocycles. The molecule has 102 valence electrons. The Balaban J connectivity index is 4.10. The van der Waals surface area contributed by atoms with E-state index in [1.807, 2.05) is 0 Å². The second kappa shape index (κ2) is 9.17. The number of carboxylic acids is 1. The predicted octanol–water partition coefficient (Wildman–Crippen LogP) is -0.715. The molecule has 0 spiro atoms. The minimum atomic E-state index is -1.18. The lowest BCUT2D eigenvalue weighted by Crippen LogP contribution is -2.44. The van der Waals surface area contributed by atoms with Crippen LogP contribution in [-0.4, -0.2) is 49.2 Å². The average molecular weight is 258 g/mol. The molecule has 0 aliphatic carbocycles. The van der Waals surface area contributed by atoms with Crippen molar-refractivity contribution >= 4 is 17.8 Å². The van der Waals surface area contributed by atoms with Crippen molar-refractivity contribution in [3.05, 3.63) is 12.7 Å². The Morgan fingerprint density at radius 2 is 2.11 bits per heavy atom. The second-order valence-corrected chi connectivity index (χ2v) is 3.49. The normalized spacial score (nSPS) is 11.4. The highest BCUT2D eigenvalue weighted by Crippen LogP contribution is 1.99. The summed E-state index contributed by atoms with van der Waals surface area (Å²) in [5.74, 6) is -2.15.